The van der Waals surface area contributed by atoms with Gasteiger partial charge < -0.3 is 9.64 Å². The number of benzene rings is 1. The number of nitrogens with zero attached hydrogens (tertiary/aromatic N) is 5. The number of aromatic nitrogens is 4. The van der Waals surface area contributed by atoms with Crippen molar-refractivity contribution >= 4 is 5.91 Å². The molecule has 0 saturated carbocycles. The van der Waals surface area contributed by atoms with E-state index in [2.05, 4.69) is 9.97 Å². The average Bonchev–Trinajstić information content (AvgIpc) is 3.29. The molecule has 2 aromatic heterocycles. The number of piperidine rings is 1. The summed E-state index contributed by atoms with van der Waals surface area (Å²) in [5.74, 6) is 2.06. The number of carbonyl (C=O) groups is 1. The number of carbonyl (C=O) groups excluding carboxylic acids is 1. The van der Waals surface area contributed by atoms with Gasteiger partial charge in [0.05, 0.1) is 25.4 Å². The number of rotatable bonds is 5. The van der Waals surface area contributed by atoms with Crippen LogP contribution >= 0.6 is 0 Å². The molecule has 3 heterocycles. The number of ether oxygens (including phenoxy) is 1. The summed E-state index contributed by atoms with van der Waals surface area (Å²) in [4.78, 5) is 27.7. The van der Waals surface area contributed by atoms with E-state index >= 15 is 0 Å². The van der Waals surface area contributed by atoms with Crippen LogP contribution in [0.25, 0.3) is 5.82 Å². The second kappa shape index (κ2) is 8.21. The normalized spacial score (nSPS) is 14.8. The Labute approximate surface area is 164 Å². The van der Waals surface area contributed by atoms with Gasteiger partial charge in [0, 0.05) is 37.6 Å². The highest BCUT2D eigenvalue weighted by Crippen LogP contribution is 2.27. The molecule has 0 aliphatic carbocycles. The van der Waals surface area contributed by atoms with Gasteiger partial charge in [-0.2, -0.15) is 0 Å². The zero-order valence-electron chi connectivity index (χ0n) is 15.9. The van der Waals surface area contributed by atoms with Gasteiger partial charge in [0.25, 0.3) is 0 Å². The van der Waals surface area contributed by atoms with Crippen molar-refractivity contribution in [2.75, 3.05) is 20.2 Å². The molecule has 1 aromatic carbocycles. The first kappa shape index (κ1) is 18.2. The molecule has 0 unspecified atom stereocenters. The van der Waals surface area contributed by atoms with Crippen molar-refractivity contribution in [2.45, 2.75) is 25.2 Å². The molecule has 3 aromatic rings. The van der Waals surface area contributed by atoms with Crippen LogP contribution in [-0.4, -0.2) is 50.5 Å². The summed E-state index contributed by atoms with van der Waals surface area (Å²) in [5, 5.41) is 0. The van der Waals surface area contributed by atoms with Crippen LogP contribution in [-0.2, 0) is 11.2 Å². The second-order valence-corrected chi connectivity index (χ2v) is 6.95. The number of hydrogen-bond acceptors (Lipinski definition) is 5. The highest BCUT2D eigenvalue weighted by Gasteiger charge is 2.25. The van der Waals surface area contributed by atoms with E-state index in [1.807, 2.05) is 46.1 Å². The molecule has 0 N–H and O–H groups in total. The fourth-order valence-electron chi connectivity index (χ4n) is 3.54. The van der Waals surface area contributed by atoms with Gasteiger partial charge in [0.1, 0.15) is 12.1 Å². The Hall–Kier alpha value is -3.22. The number of imidazole rings is 1. The largest absolute Gasteiger partial charge is 0.497 e. The van der Waals surface area contributed by atoms with Gasteiger partial charge in [-0.1, -0.05) is 12.1 Å². The van der Waals surface area contributed by atoms with E-state index in [1.165, 1.54) is 0 Å². The Morgan fingerprint density at radius 1 is 1.14 bits per heavy atom. The maximum atomic E-state index is 12.6. The third-order valence-electron chi connectivity index (χ3n) is 5.19. The Morgan fingerprint density at radius 3 is 2.61 bits per heavy atom. The molecule has 1 amide bonds. The van der Waals surface area contributed by atoms with Crippen molar-refractivity contribution in [1.82, 2.24) is 24.4 Å². The monoisotopic (exact) mass is 377 g/mol. The van der Waals surface area contributed by atoms with Crippen LogP contribution in [0.3, 0.4) is 0 Å². The summed E-state index contributed by atoms with van der Waals surface area (Å²) in [5.41, 5.74) is 1.99. The van der Waals surface area contributed by atoms with Gasteiger partial charge in [-0.15, -0.1) is 0 Å². The highest BCUT2D eigenvalue weighted by atomic mass is 16.5. The van der Waals surface area contributed by atoms with Gasteiger partial charge in [-0.3, -0.25) is 14.3 Å². The lowest BCUT2D eigenvalue weighted by Gasteiger charge is -2.31. The molecule has 7 nitrogen and oxygen atoms in total. The summed E-state index contributed by atoms with van der Waals surface area (Å²) in [6, 6.07) is 7.67. The van der Waals surface area contributed by atoms with Crippen LogP contribution in [0.2, 0.25) is 0 Å². The standard InChI is InChI=1S/C21H23N5O2/c1-28-18-4-2-16(3-5-18)12-21(27)25-9-6-17(7-10-25)19-13-23-14-20(24-19)26-11-8-22-15-26/h2-5,8,11,13-15,17H,6-7,9-10,12H2,1H3. The average molecular weight is 377 g/mol. The number of amides is 1. The van der Waals surface area contributed by atoms with E-state index in [0.29, 0.717) is 12.3 Å². The predicted octanol–water partition coefficient (Wildman–Crippen LogP) is 2.62. The first-order valence-electron chi connectivity index (χ1n) is 9.44. The van der Waals surface area contributed by atoms with Crippen molar-refractivity contribution < 1.29 is 9.53 Å². The van der Waals surface area contributed by atoms with Crippen molar-refractivity contribution in [2.24, 2.45) is 0 Å². The molecule has 0 atom stereocenters. The summed E-state index contributed by atoms with van der Waals surface area (Å²) in [7, 11) is 1.64. The van der Waals surface area contributed by atoms with Crippen LogP contribution in [0.5, 0.6) is 5.75 Å². The molecule has 1 aliphatic rings. The predicted molar refractivity (Wildman–Crippen MR) is 104 cm³/mol. The Bertz CT molecular complexity index is 916. The summed E-state index contributed by atoms with van der Waals surface area (Å²) in [6.45, 7) is 1.49. The smallest absolute Gasteiger partial charge is 0.226 e. The van der Waals surface area contributed by atoms with E-state index in [-0.39, 0.29) is 5.91 Å². The molecular weight excluding hydrogens is 354 g/mol. The van der Waals surface area contributed by atoms with Crippen molar-refractivity contribution in [3.05, 3.63) is 66.6 Å². The first-order chi connectivity index (χ1) is 13.7. The molecule has 0 bridgehead atoms. The van der Waals surface area contributed by atoms with Gasteiger partial charge >= 0.3 is 0 Å². The third-order valence-corrected chi connectivity index (χ3v) is 5.19. The van der Waals surface area contributed by atoms with Gasteiger partial charge in [-0.05, 0) is 30.5 Å². The fourth-order valence-corrected chi connectivity index (χ4v) is 3.54. The Morgan fingerprint density at radius 2 is 1.93 bits per heavy atom. The molecular formula is C21H23N5O2. The molecule has 0 radical (unpaired) electrons. The van der Waals surface area contributed by atoms with E-state index < -0.39 is 0 Å². The van der Waals surface area contributed by atoms with E-state index in [9.17, 15) is 4.79 Å². The molecule has 144 valence electrons. The fraction of sp³-hybridized carbons (Fsp3) is 0.333. The van der Waals surface area contributed by atoms with Gasteiger partial charge in [0.2, 0.25) is 5.91 Å². The summed E-state index contributed by atoms with van der Waals surface area (Å²) >= 11 is 0. The first-order valence-corrected chi connectivity index (χ1v) is 9.44. The Kier molecular flexibility index (Phi) is 5.32. The maximum Gasteiger partial charge on any atom is 0.226 e. The maximum absolute atomic E-state index is 12.6. The minimum Gasteiger partial charge on any atom is -0.497 e. The van der Waals surface area contributed by atoms with Crippen LogP contribution in [0.4, 0.5) is 0 Å². The molecule has 1 aliphatic heterocycles. The molecule has 7 heteroatoms. The third kappa shape index (κ3) is 4.03. The van der Waals surface area contributed by atoms with Gasteiger partial charge in [-0.25, -0.2) is 9.97 Å². The summed E-state index contributed by atoms with van der Waals surface area (Å²) in [6.07, 6.45) is 11.1. The van der Waals surface area contributed by atoms with E-state index in [1.54, 1.807) is 25.8 Å². The quantitative estimate of drug-likeness (QED) is 0.683. The number of likely N-dealkylation sites (tertiary alicyclic amines) is 1. The Balaban J connectivity index is 1.35. The molecule has 28 heavy (non-hydrogen) atoms. The SMILES string of the molecule is COc1ccc(CC(=O)N2CCC(c3cncc(-n4ccnc4)n3)CC2)cc1. The lowest BCUT2D eigenvalue weighted by Crippen LogP contribution is -2.39. The molecule has 0 spiro atoms. The topological polar surface area (TPSA) is 73.1 Å². The molecule has 1 fully saturated rings. The van der Waals surface area contributed by atoms with Crippen molar-refractivity contribution in [1.29, 1.82) is 0 Å². The molecule has 1 saturated heterocycles. The summed E-state index contributed by atoms with van der Waals surface area (Å²) < 4.78 is 7.02. The number of methoxy groups -OCH3 is 1. The minimum absolute atomic E-state index is 0.168. The van der Waals surface area contributed by atoms with Crippen molar-refractivity contribution in [3.8, 4) is 11.6 Å². The zero-order chi connectivity index (χ0) is 19.3. The lowest BCUT2D eigenvalue weighted by atomic mass is 9.93. The minimum atomic E-state index is 0.168. The van der Waals surface area contributed by atoms with Crippen LogP contribution in [0.15, 0.2) is 55.4 Å². The lowest BCUT2D eigenvalue weighted by molar-refractivity contribution is -0.131. The number of hydrogen-bond donors (Lipinski definition) is 0. The van der Waals surface area contributed by atoms with Gasteiger partial charge in [0.15, 0.2) is 5.82 Å². The van der Waals surface area contributed by atoms with Crippen LogP contribution < -0.4 is 4.74 Å². The highest BCUT2D eigenvalue weighted by molar-refractivity contribution is 5.78. The zero-order valence-corrected chi connectivity index (χ0v) is 15.9. The van der Waals surface area contributed by atoms with Crippen molar-refractivity contribution in [3.63, 3.8) is 0 Å². The van der Waals surface area contributed by atoms with E-state index in [0.717, 1.165) is 48.8 Å². The van der Waals surface area contributed by atoms with E-state index in [4.69, 9.17) is 9.72 Å². The van der Waals surface area contributed by atoms with Crippen LogP contribution in [0, 0.1) is 0 Å². The second-order valence-electron chi connectivity index (χ2n) is 6.95. The van der Waals surface area contributed by atoms with Crippen LogP contribution in [0.1, 0.15) is 30.0 Å². The molecule has 4 rings (SSSR count).